The molecule has 0 aliphatic heterocycles. The van der Waals surface area contributed by atoms with E-state index in [4.69, 9.17) is 14.5 Å². The van der Waals surface area contributed by atoms with Gasteiger partial charge >= 0.3 is 0 Å². The summed E-state index contributed by atoms with van der Waals surface area (Å²) in [7, 11) is 0. The number of rotatable bonds is 10. The molecule has 0 atom stereocenters. The van der Waals surface area contributed by atoms with Crippen LogP contribution in [0.3, 0.4) is 0 Å². The molecule has 0 aliphatic carbocycles. The summed E-state index contributed by atoms with van der Waals surface area (Å²) in [6, 6.07) is 20.5. The third kappa shape index (κ3) is 7.57. The third-order valence-electron chi connectivity index (χ3n) is 7.09. The molecule has 1 heterocycles. The predicted octanol–water partition coefficient (Wildman–Crippen LogP) is 8.14. The summed E-state index contributed by atoms with van der Waals surface area (Å²) in [5.74, 6) is 1.22. The van der Waals surface area contributed by atoms with Gasteiger partial charge in [-0.25, -0.2) is 9.37 Å². The van der Waals surface area contributed by atoms with Crippen molar-refractivity contribution in [1.29, 1.82) is 0 Å². The minimum atomic E-state index is -0.383. The molecule has 1 amide bonds. The summed E-state index contributed by atoms with van der Waals surface area (Å²) in [6.07, 6.45) is 1.62. The first-order valence-electron chi connectivity index (χ1n) is 14.6. The van der Waals surface area contributed by atoms with E-state index in [-0.39, 0.29) is 29.8 Å². The minimum absolute atomic E-state index is 0.184. The lowest BCUT2D eigenvalue weighted by molar-refractivity contribution is -0.118. The number of nitrogens with zero attached hydrogens (tertiary/aromatic N) is 3. The van der Waals surface area contributed by atoms with Crippen molar-refractivity contribution in [2.24, 2.45) is 5.10 Å². The number of amides is 1. The Morgan fingerprint density at radius 3 is 2.41 bits per heavy atom. The molecule has 46 heavy (non-hydrogen) atoms. The Balaban J connectivity index is 1.48. The molecule has 0 spiro atoms. The van der Waals surface area contributed by atoms with Gasteiger partial charge in [-0.15, -0.1) is 0 Å². The Morgan fingerprint density at radius 1 is 1.04 bits per heavy atom. The number of para-hydroxylation sites is 1. The molecule has 5 aromatic rings. The second kappa shape index (κ2) is 14.7. The predicted molar refractivity (Wildman–Crippen MR) is 197 cm³/mol. The number of aryl methyl sites for hydroxylation is 1. The van der Waals surface area contributed by atoms with Crippen LogP contribution in [0.25, 0.3) is 22.3 Å². The van der Waals surface area contributed by atoms with E-state index in [9.17, 15) is 14.0 Å². The first-order chi connectivity index (χ1) is 22.0. The lowest BCUT2D eigenvalue weighted by Crippen LogP contribution is -2.21. The van der Waals surface area contributed by atoms with Gasteiger partial charge in [0.15, 0.2) is 12.4 Å². The number of halogens is 3. The van der Waals surface area contributed by atoms with Crippen molar-refractivity contribution in [1.82, 2.24) is 9.66 Å². The third-order valence-corrected chi connectivity index (χ3v) is 8.69. The van der Waals surface area contributed by atoms with Gasteiger partial charge in [0.1, 0.15) is 17.3 Å². The van der Waals surface area contributed by atoms with Crippen LogP contribution >= 0.6 is 45.2 Å². The summed E-state index contributed by atoms with van der Waals surface area (Å²) in [5.41, 5.74) is 4.23. The fraction of sp³-hybridized carbons (Fsp3) is 0.200. The first kappa shape index (κ1) is 33.5. The van der Waals surface area contributed by atoms with E-state index >= 15 is 0 Å². The Bertz CT molecular complexity index is 1990. The van der Waals surface area contributed by atoms with Crippen LogP contribution in [0, 0.1) is 19.9 Å². The van der Waals surface area contributed by atoms with Crippen molar-refractivity contribution >= 4 is 73.9 Å². The zero-order valence-electron chi connectivity index (χ0n) is 25.6. The molecule has 11 heteroatoms. The molecule has 0 saturated heterocycles. The van der Waals surface area contributed by atoms with E-state index in [1.54, 1.807) is 12.3 Å². The van der Waals surface area contributed by atoms with E-state index in [0.717, 1.165) is 35.1 Å². The molecule has 1 N–H and O–H groups in total. The monoisotopic (exact) mass is 844 g/mol. The van der Waals surface area contributed by atoms with Crippen LogP contribution in [0.15, 0.2) is 82.7 Å². The van der Waals surface area contributed by atoms with Crippen molar-refractivity contribution in [3.05, 3.63) is 113 Å². The molecule has 0 saturated carbocycles. The van der Waals surface area contributed by atoms with Gasteiger partial charge in [-0.2, -0.15) is 9.78 Å². The van der Waals surface area contributed by atoms with Gasteiger partial charge in [0, 0.05) is 11.3 Å². The normalized spacial score (nSPS) is 11.4. The second-order valence-electron chi connectivity index (χ2n) is 10.8. The first-order valence-corrected chi connectivity index (χ1v) is 16.7. The van der Waals surface area contributed by atoms with Crippen molar-refractivity contribution in [2.75, 3.05) is 18.5 Å². The van der Waals surface area contributed by atoms with Crippen LogP contribution in [-0.4, -0.2) is 35.0 Å². The number of hydrogen-bond donors (Lipinski definition) is 1. The summed E-state index contributed by atoms with van der Waals surface area (Å²) in [6.45, 7) is 8.46. The molecule has 0 unspecified atom stereocenters. The van der Waals surface area contributed by atoms with Crippen LogP contribution in [-0.2, 0) is 4.79 Å². The smallest absolute Gasteiger partial charge is 0.282 e. The Kier molecular flexibility index (Phi) is 10.7. The highest BCUT2D eigenvalue weighted by atomic mass is 127. The summed E-state index contributed by atoms with van der Waals surface area (Å²) in [5, 5.41) is 7.81. The highest BCUT2D eigenvalue weighted by Crippen LogP contribution is 2.34. The van der Waals surface area contributed by atoms with Crippen LogP contribution in [0.4, 0.5) is 10.1 Å². The van der Waals surface area contributed by atoms with Gasteiger partial charge in [-0.05, 0) is 142 Å². The van der Waals surface area contributed by atoms with Gasteiger partial charge in [-0.1, -0.05) is 26.0 Å². The van der Waals surface area contributed by atoms with E-state index in [0.29, 0.717) is 34.8 Å². The van der Waals surface area contributed by atoms with E-state index in [1.165, 1.54) is 28.9 Å². The van der Waals surface area contributed by atoms with Crippen LogP contribution in [0.5, 0.6) is 11.5 Å². The fourth-order valence-corrected chi connectivity index (χ4v) is 6.99. The maximum absolute atomic E-state index is 13.8. The lowest BCUT2D eigenvalue weighted by Gasteiger charge is -2.18. The highest BCUT2D eigenvalue weighted by molar-refractivity contribution is 14.1. The van der Waals surface area contributed by atoms with E-state index in [2.05, 4.69) is 69.4 Å². The Hall–Kier alpha value is -3.85. The molecule has 0 aliphatic rings. The second-order valence-corrected chi connectivity index (χ2v) is 13.1. The zero-order valence-corrected chi connectivity index (χ0v) is 29.9. The van der Waals surface area contributed by atoms with Gasteiger partial charge in [0.2, 0.25) is 0 Å². The molecule has 5 rings (SSSR count). The Labute approximate surface area is 293 Å². The molecule has 1 aromatic heterocycles. The SMILES string of the molecule is CCOc1cc(C)c(-c2nc3ccccc3c(=O)n2N=Cc2cc(I)c(OCC(=O)Nc3ccc(F)cc3)c(I)c2)cc1C(C)C. The average molecular weight is 844 g/mol. The van der Waals surface area contributed by atoms with Crippen molar-refractivity contribution < 1.29 is 18.7 Å². The van der Waals surface area contributed by atoms with Gasteiger partial charge in [0.25, 0.3) is 11.5 Å². The number of aromatic nitrogens is 2. The molecule has 236 valence electrons. The van der Waals surface area contributed by atoms with Crippen LogP contribution in [0.1, 0.15) is 43.4 Å². The lowest BCUT2D eigenvalue weighted by atomic mass is 9.96. The Morgan fingerprint density at radius 2 is 1.74 bits per heavy atom. The number of carbonyl (C=O) groups excluding carboxylic acids is 1. The fourth-order valence-electron chi connectivity index (χ4n) is 4.86. The molecular weight excluding hydrogens is 813 g/mol. The quantitative estimate of drug-likeness (QED) is 0.113. The summed E-state index contributed by atoms with van der Waals surface area (Å²) >= 11 is 4.28. The van der Waals surface area contributed by atoms with Crippen LogP contribution in [0.2, 0.25) is 0 Å². The number of carbonyl (C=O) groups is 1. The van der Waals surface area contributed by atoms with Gasteiger partial charge < -0.3 is 14.8 Å². The molecule has 0 fully saturated rings. The van der Waals surface area contributed by atoms with Crippen molar-refractivity contribution in [3.8, 4) is 22.9 Å². The number of ether oxygens (including phenoxy) is 2. The van der Waals surface area contributed by atoms with E-state index < -0.39 is 0 Å². The van der Waals surface area contributed by atoms with Crippen molar-refractivity contribution in [2.45, 2.75) is 33.6 Å². The number of anilines is 1. The zero-order chi connectivity index (χ0) is 33.0. The van der Waals surface area contributed by atoms with Gasteiger partial charge in [0.05, 0.1) is 30.9 Å². The number of benzene rings is 4. The molecule has 4 aromatic carbocycles. The highest BCUT2D eigenvalue weighted by Gasteiger charge is 2.19. The standard InChI is InChI=1S/C35H31FI2N4O4/c1-5-45-31-14-21(4)27(17-26(31)20(2)3)34-41-30-9-7-6-8-25(30)35(44)42(34)39-18-22-15-28(37)33(29(38)16-22)46-19-32(43)40-24-12-10-23(36)11-13-24/h6-18,20H,5,19H2,1-4H3,(H,40,43). The van der Waals surface area contributed by atoms with E-state index in [1.807, 2.05) is 56.3 Å². The summed E-state index contributed by atoms with van der Waals surface area (Å²) < 4.78 is 27.8. The average Bonchev–Trinajstić information content (AvgIpc) is 3.01. The maximum Gasteiger partial charge on any atom is 0.282 e. The minimum Gasteiger partial charge on any atom is -0.494 e. The topological polar surface area (TPSA) is 94.8 Å². The number of fused-ring (bicyclic) bond motifs is 1. The van der Waals surface area contributed by atoms with Crippen LogP contribution < -0.4 is 20.3 Å². The maximum atomic E-state index is 13.8. The molecule has 0 bridgehead atoms. The number of hydrogen-bond acceptors (Lipinski definition) is 6. The molecular formula is C35H31FI2N4O4. The largest absolute Gasteiger partial charge is 0.494 e. The molecule has 0 radical (unpaired) electrons. The number of nitrogens with one attached hydrogen (secondary N) is 1. The van der Waals surface area contributed by atoms with Gasteiger partial charge in [-0.3, -0.25) is 9.59 Å². The van der Waals surface area contributed by atoms with Crippen molar-refractivity contribution in [3.63, 3.8) is 0 Å². The summed E-state index contributed by atoms with van der Waals surface area (Å²) in [4.78, 5) is 31.2. The molecule has 8 nitrogen and oxygen atoms in total.